The summed E-state index contributed by atoms with van der Waals surface area (Å²) in [5.41, 5.74) is 3.15. The molecule has 7 heteroatoms. The Balaban J connectivity index is 1.72. The monoisotopic (exact) mass is 380 g/mol. The molecule has 0 fully saturated rings. The fourth-order valence-electron chi connectivity index (χ4n) is 2.41. The number of benzene rings is 2. The van der Waals surface area contributed by atoms with Crippen LogP contribution in [-0.4, -0.2) is 16.8 Å². The van der Waals surface area contributed by atoms with Gasteiger partial charge in [0.2, 0.25) is 5.91 Å². The zero-order valence-electron chi connectivity index (χ0n) is 14.5. The number of nitrogens with one attached hydrogen (secondary N) is 3. The first-order valence-electron chi connectivity index (χ1n) is 8.16. The maximum absolute atomic E-state index is 12.4. The van der Waals surface area contributed by atoms with Crippen LogP contribution in [0.15, 0.2) is 67.0 Å². The molecular weight excluding hydrogens is 364 g/mol. The smallest absolute Gasteiger partial charge is 0.257 e. The first-order chi connectivity index (χ1) is 13.0. The van der Waals surface area contributed by atoms with Crippen molar-refractivity contribution in [3.8, 4) is 0 Å². The van der Waals surface area contributed by atoms with Gasteiger partial charge in [-0.1, -0.05) is 17.7 Å². The molecule has 0 aliphatic heterocycles. The fraction of sp³-hybridized carbons (Fsp3) is 0.0500. The van der Waals surface area contributed by atoms with Crippen molar-refractivity contribution in [2.45, 2.75) is 6.92 Å². The highest BCUT2D eigenvalue weighted by molar-refractivity contribution is 6.30. The molecule has 136 valence electrons. The molecule has 3 N–H and O–H groups in total. The standard InChI is InChI=1S/C20H17ClN4O2/c1-13(26)23-17-3-2-4-18(10-17)24-19-9-14(11-22-12-19)20(27)25-16-7-5-15(21)6-8-16/h2-12,24H,1H3,(H,23,26)(H,25,27). The molecule has 2 amide bonds. The molecule has 0 aliphatic rings. The lowest BCUT2D eigenvalue weighted by Crippen LogP contribution is -2.12. The van der Waals surface area contributed by atoms with Crippen molar-refractivity contribution in [3.05, 3.63) is 77.6 Å². The van der Waals surface area contributed by atoms with E-state index in [1.165, 1.54) is 13.1 Å². The number of aromatic nitrogens is 1. The third-order valence-electron chi connectivity index (χ3n) is 3.57. The Labute approximate surface area is 161 Å². The number of anilines is 4. The number of hydrogen-bond acceptors (Lipinski definition) is 4. The molecule has 3 aromatic rings. The molecule has 0 spiro atoms. The summed E-state index contributed by atoms with van der Waals surface area (Å²) in [4.78, 5) is 27.7. The molecule has 0 bridgehead atoms. The minimum atomic E-state index is -0.277. The van der Waals surface area contributed by atoms with Crippen LogP contribution in [0.4, 0.5) is 22.7 Å². The summed E-state index contributed by atoms with van der Waals surface area (Å²) in [6, 6.07) is 15.8. The SMILES string of the molecule is CC(=O)Nc1cccc(Nc2cncc(C(=O)Nc3ccc(Cl)cc3)c2)c1. The first-order valence-corrected chi connectivity index (χ1v) is 8.54. The van der Waals surface area contributed by atoms with Gasteiger partial charge in [-0.15, -0.1) is 0 Å². The molecule has 3 rings (SSSR count). The van der Waals surface area contributed by atoms with Crippen LogP contribution in [0.25, 0.3) is 0 Å². The number of amides is 2. The third-order valence-corrected chi connectivity index (χ3v) is 3.83. The van der Waals surface area contributed by atoms with Crippen LogP contribution in [0.5, 0.6) is 0 Å². The minimum Gasteiger partial charge on any atom is -0.354 e. The summed E-state index contributed by atoms with van der Waals surface area (Å²) >= 11 is 5.85. The van der Waals surface area contributed by atoms with E-state index in [0.717, 1.165) is 5.69 Å². The van der Waals surface area contributed by atoms with E-state index >= 15 is 0 Å². The Morgan fingerprint density at radius 3 is 2.33 bits per heavy atom. The van der Waals surface area contributed by atoms with E-state index in [0.29, 0.717) is 27.6 Å². The van der Waals surface area contributed by atoms with Gasteiger partial charge < -0.3 is 16.0 Å². The van der Waals surface area contributed by atoms with Crippen LogP contribution in [0.3, 0.4) is 0 Å². The number of hydrogen-bond donors (Lipinski definition) is 3. The Bertz CT molecular complexity index is 974. The number of pyridine rings is 1. The largest absolute Gasteiger partial charge is 0.354 e. The molecule has 6 nitrogen and oxygen atoms in total. The number of carbonyl (C=O) groups is 2. The van der Waals surface area contributed by atoms with Crippen molar-refractivity contribution >= 4 is 46.2 Å². The Kier molecular flexibility index (Phi) is 5.68. The zero-order valence-corrected chi connectivity index (χ0v) is 15.2. The topological polar surface area (TPSA) is 83.1 Å². The molecule has 0 radical (unpaired) electrons. The van der Waals surface area contributed by atoms with E-state index in [1.807, 2.05) is 12.1 Å². The third kappa shape index (κ3) is 5.29. The zero-order chi connectivity index (χ0) is 19.2. The summed E-state index contributed by atoms with van der Waals surface area (Å²) in [5, 5.41) is 9.29. The summed E-state index contributed by atoms with van der Waals surface area (Å²) in [6.45, 7) is 1.45. The van der Waals surface area contributed by atoms with Gasteiger partial charge in [0, 0.05) is 35.2 Å². The number of nitrogens with zero attached hydrogens (tertiary/aromatic N) is 1. The molecule has 0 unspecified atom stereocenters. The van der Waals surface area contributed by atoms with E-state index in [9.17, 15) is 9.59 Å². The van der Waals surface area contributed by atoms with E-state index in [2.05, 4.69) is 20.9 Å². The molecule has 1 aromatic heterocycles. The molecular formula is C20H17ClN4O2. The summed E-state index contributed by atoms with van der Waals surface area (Å²) < 4.78 is 0. The summed E-state index contributed by atoms with van der Waals surface area (Å²) in [6.07, 6.45) is 3.11. The van der Waals surface area contributed by atoms with Crippen LogP contribution in [0.1, 0.15) is 17.3 Å². The average Bonchev–Trinajstić information content (AvgIpc) is 2.63. The second kappa shape index (κ2) is 8.33. The average molecular weight is 381 g/mol. The van der Waals surface area contributed by atoms with E-state index in [4.69, 9.17) is 11.6 Å². The molecule has 0 saturated heterocycles. The van der Waals surface area contributed by atoms with Gasteiger partial charge in [-0.25, -0.2) is 0 Å². The molecule has 2 aromatic carbocycles. The highest BCUT2D eigenvalue weighted by atomic mass is 35.5. The minimum absolute atomic E-state index is 0.144. The van der Waals surface area contributed by atoms with Crippen molar-refractivity contribution in [2.75, 3.05) is 16.0 Å². The van der Waals surface area contributed by atoms with Crippen LogP contribution >= 0.6 is 11.6 Å². The van der Waals surface area contributed by atoms with E-state index in [-0.39, 0.29) is 11.8 Å². The molecule has 27 heavy (non-hydrogen) atoms. The predicted molar refractivity (Wildman–Crippen MR) is 108 cm³/mol. The predicted octanol–water partition coefficient (Wildman–Crippen LogP) is 4.69. The summed E-state index contributed by atoms with van der Waals surface area (Å²) in [7, 11) is 0. The second-order valence-electron chi connectivity index (χ2n) is 5.81. The Morgan fingerprint density at radius 2 is 1.59 bits per heavy atom. The number of carbonyl (C=O) groups excluding carboxylic acids is 2. The van der Waals surface area contributed by atoms with Crippen molar-refractivity contribution in [3.63, 3.8) is 0 Å². The quantitative estimate of drug-likeness (QED) is 0.599. The van der Waals surface area contributed by atoms with Gasteiger partial charge in [0.1, 0.15) is 0 Å². The number of halogens is 1. The highest BCUT2D eigenvalue weighted by Crippen LogP contribution is 2.21. The van der Waals surface area contributed by atoms with Gasteiger partial charge in [0.05, 0.1) is 17.4 Å². The van der Waals surface area contributed by atoms with E-state index in [1.54, 1.807) is 48.7 Å². The first kappa shape index (κ1) is 18.4. The number of rotatable bonds is 5. The van der Waals surface area contributed by atoms with Gasteiger partial charge in [0.25, 0.3) is 5.91 Å². The molecule has 0 saturated carbocycles. The maximum Gasteiger partial charge on any atom is 0.257 e. The molecule has 0 aliphatic carbocycles. The highest BCUT2D eigenvalue weighted by Gasteiger charge is 2.08. The molecule has 0 atom stereocenters. The van der Waals surface area contributed by atoms with Gasteiger partial charge in [-0.2, -0.15) is 0 Å². The molecule has 1 heterocycles. The van der Waals surface area contributed by atoms with Crippen molar-refractivity contribution < 1.29 is 9.59 Å². The van der Waals surface area contributed by atoms with Crippen molar-refractivity contribution in [1.82, 2.24) is 4.98 Å². The van der Waals surface area contributed by atoms with Crippen LogP contribution in [0.2, 0.25) is 5.02 Å². The van der Waals surface area contributed by atoms with Crippen LogP contribution in [0, 0.1) is 0 Å². The lowest BCUT2D eigenvalue weighted by atomic mass is 10.2. The lowest BCUT2D eigenvalue weighted by Gasteiger charge is -2.10. The normalized spacial score (nSPS) is 10.1. The van der Waals surface area contributed by atoms with Gasteiger partial charge in [-0.3, -0.25) is 14.6 Å². The maximum atomic E-state index is 12.4. The van der Waals surface area contributed by atoms with Gasteiger partial charge in [-0.05, 0) is 48.5 Å². The van der Waals surface area contributed by atoms with Crippen LogP contribution in [-0.2, 0) is 4.79 Å². The fourth-order valence-corrected chi connectivity index (χ4v) is 2.54. The summed E-state index contributed by atoms with van der Waals surface area (Å²) in [5.74, 6) is -0.421. The Morgan fingerprint density at radius 1 is 0.852 bits per heavy atom. The van der Waals surface area contributed by atoms with Crippen molar-refractivity contribution in [1.29, 1.82) is 0 Å². The lowest BCUT2D eigenvalue weighted by molar-refractivity contribution is -0.114. The van der Waals surface area contributed by atoms with Gasteiger partial charge >= 0.3 is 0 Å². The van der Waals surface area contributed by atoms with Gasteiger partial charge in [0.15, 0.2) is 0 Å². The Hall–Kier alpha value is -3.38. The van der Waals surface area contributed by atoms with Crippen molar-refractivity contribution in [2.24, 2.45) is 0 Å². The van der Waals surface area contributed by atoms with Crippen LogP contribution < -0.4 is 16.0 Å². The van der Waals surface area contributed by atoms with E-state index < -0.39 is 0 Å². The second-order valence-corrected chi connectivity index (χ2v) is 6.25.